The van der Waals surface area contributed by atoms with Crippen LogP contribution in [0.15, 0.2) is 84.9 Å². The van der Waals surface area contributed by atoms with E-state index in [2.05, 4.69) is 22.3 Å². The number of ether oxygens (including phenoxy) is 3. The Morgan fingerprint density at radius 2 is 1.62 bits per heavy atom. The van der Waals surface area contributed by atoms with Gasteiger partial charge in [-0.2, -0.15) is 0 Å². The average Bonchev–Trinajstić information content (AvgIpc) is 2.84. The van der Waals surface area contributed by atoms with Crippen LogP contribution in [-0.4, -0.2) is 43.4 Å². The van der Waals surface area contributed by atoms with Crippen molar-refractivity contribution in [2.75, 3.05) is 31.6 Å². The van der Waals surface area contributed by atoms with Crippen molar-refractivity contribution in [2.45, 2.75) is 19.3 Å². The summed E-state index contributed by atoms with van der Waals surface area (Å²) in [6.07, 6.45) is -0.626. The maximum Gasteiger partial charge on any atom is 0.411 e. The normalized spacial score (nSPS) is 16.3. The van der Waals surface area contributed by atoms with Gasteiger partial charge in [0.2, 0.25) is 0 Å². The van der Waals surface area contributed by atoms with Crippen LogP contribution in [0.3, 0.4) is 0 Å². The first-order chi connectivity index (χ1) is 15.7. The number of anilines is 1. The molecule has 3 aromatic rings. The molecule has 0 saturated carbocycles. The molecule has 166 valence electrons. The molecule has 6 nitrogen and oxygen atoms in total. The van der Waals surface area contributed by atoms with Crippen LogP contribution in [0, 0.1) is 0 Å². The second-order valence-electron chi connectivity index (χ2n) is 7.74. The number of hydrogen-bond donors (Lipinski definition) is 1. The van der Waals surface area contributed by atoms with Crippen LogP contribution in [-0.2, 0) is 22.6 Å². The largest absolute Gasteiger partial charge is 0.489 e. The van der Waals surface area contributed by atoms with Crippen molar-refractivity contribution in [3.05, 3.63) is 96.1 Å². The zero-order valence-electron chi connectivity index (χ0n) is 18.0. The van der Waals surface area contributed by atoms with E-state index in [1.165, 1.54) is 5.56 Å². The fourth-order valence-electron chi connectivity index (χ4n) is 3.56. The van der Waals surface area contributed by atoms with Crippen molar-refractivity contribution in [3.8, 4) is 5.75 Å². The van der Waals surface area contributed by atoms with Crippen molar-refractivity contribution in [2.24, 2.45) is 0 Å². The maximum absolute atomic E-state index is 12.2. The van der Waals surface area contributed by atoms with Crippen LogP contribution >= 0.6 is 0 Å². The Morgan fingerprint density at radius 1 is 0.938 bits per heavy atom. The number of carbonyl (C=O) groups excluding carboxylic acids is 1. The van der Waals surface area contributed by atoms with E-state index in [1.807, 2.05) is 60.7 Å². The number of morpholine rings is 1. The van der Waals surface area contributed by atoms with Gasteiger partial charge in [-0.25, -0.2) is 4.79 Å². The van der Waals surface area contributed by atoms with Gasteiger partial charge in [0.1, 0.15) is 25.1 Å². The Labute approximate surface area is 188 Å². The van der Waals surface area contributed by atoms with Gasteiger partial charge in [-0.3, -0.25) is 10.2 Å². The fourth-order valence-corrected chi connectivity index (χ4v) is 3.56. The predicted molar refractivity (Wildman–Crippen MR) is 124 cm³/mol. The van der Waals surface area contributed by atoms with Crippen LogP contribution in [0.5, 0.6) is 5.75 Å². The van der Waals surface area contributed by atoms with E-state index < -0.39 is 6.09 Å². The molecular weight excluding hydrogens is 404 g/mol. The smallest absolute Gasteiger partial charge is 0.411 e. The lowest BCUT2D eigenvalue weighted by Gasteiger charge is -2.32. The van der Waals surface area contributed by atoms with Crippen LogP contribution in [0.2, 0.25) is 0 Å². The average molecular weight is 433 g/mol. The van der Waals surface area contributed by atoms with E-state index >= 15 is 0 Å². The molecule has 1 saturated heterocycles. The van der Waals surface area contributed by atoms with Crippen molar-refractivity contribution in [1.29, 1.82) is 0 Å². The SMILES string of the molecule is O=C(Nc1ccc(OCc2ccccc2)cc1)OC[C@H]1CN(Cc2ccccc2)CCO1. The Morgan fingerprint density at radius 3 is 2.34 bits per heavy atom. The molecule has 0 unspecified atom stereocenters. The molecular formula is C26H28N2O4. The number of amides is 1. The van der Waals surface area contributed by atoms with Crippen LogP contribution in [0.25, 0.3) is 0 Å². The summed E-state index contributed by atoms with van der Waals surface area (Å²) in [6, 6.07) is 27.5. The maximum atomic E-state index is 12.2. The highest BCUT2D eigenvalue weighted by atomic mass is 16.6. The minimum Gasteiger partial charge on any atom is -0.489 e. The van der Waals surface area contributed by atoms with Crippen molar-refractivity contribution in [3.63, 3.8) is 0 Å². The Kier molecular flexibility index (Phi) is 7.74. The third-order valence-electron chi connectivity index (χ3n) is 5.22. The fraction of sp³-hybridized carbons (Fsp3) is 0.269. The zero-order chi connectivity index (χ0) is 22.0. The summed E-state index contributed by atoms with van der Waals surface area (Å²) in [6.45, 7) is 3.82. The number of rotatable bonds is 8. The molecule has 0 radical (unpaired) electrons. The lowest BCUT2D eigenvalue weighted by molar-refractivity contribution is -0.0564. The molecule has 1 fully saturated rings. The van der Waals surface area contributed by atoms with Gasteiger partial charge in [0, 0.05) is 25.3 Å². The summed E-state index contributed by atoms with van der Waals surface area (Å²) in [5.74, 6) is 0.738. The van der Waals surface area contributed by atoms with Gasteiger partial charge in [-0.1, -0.05) is 60.7 Å². The third-order valence-corrected chi connectivity index (χ3v) is 5.22. The van der Waals surface area contributed by atoms with E-state index in [9.17, 15) is 4.79 Å². The number of nitrogens with one attached hydrogen (secondary N) is 1. The number of carbonyl (C=O) groups is 1. The summed E-state index contributed by atoms with van der Waals surface area (Å²) < 4.78 is 16.9. The molecule has 4 rings (SSSR count). The summed E-state index contributed by atoms with van der Waals surface area (Å²) in [4.78, 5) is 14.5. The van der Waals surface area contributed by atoms with Gasteiger partial charge in [-0.05, 0) is 35.4 Å². The highest BCUT2D eigenvalue weighted by Gasteiger charge is 2.22. The molecule has 0 bridgehead atoms. The quantitative estimate of drug-likeness (QED) is 0.558. The summed E-state index contributed by atoms with van der Waals surface area (Å²) in [5.41, 5.74) is 3.02. The summed E-state index contributed by atoms with van der Waals surface area (Å²) in [7, 11) is 0. The van der Waals surface area contributed by atoms with Gasteiger partial charge < -0.3 is 14.2 Å². The van der Waals surface area contributed by atoms with E-state index in [4.69, 9.17) is 14.2 Å². The van der Waals surface area contributed by atoms with E-state index in [0.29, 0.717) is 18.9 Å². The van der Waals surface area contributed by atoms with Gasteiger partial charge in [0.25, 0.3) is 0 Å². The first-order valence-corrected chi connectivity index (χ1v) is 10.8. The first-order valence-electron chi connectivity index (χ1n) is 10.8. The van der Waals surface area contributed by atoms with Crippen LogP contribution in [0.4, 0.5) is 10.5 Å². The molecule has 1 N–H and O–H groups in total. The monoisotopic (exact) mass is 432 g/mol. The topological polar surface area (TPSA) is 60.0 Å². The van der Waals surface area contributed by atoms with Crippen molar-refractivity contribution >= 4 is 11.8 Å². The third kappa shape index (κ3) is 6.83. The first kappa shape index (κ1) is 21.9. The van der Waals surface area contributed by atoms with E-state index in [-0.39, 0.29) is 12.7 Å². The Hall–Kier alpha value is -3.35. The van der Waals surface area contributed by atoms with Gasteiger partial charge in [0.05, 0.1) is 6.61 Å². The summed E-state index contributed by atoms with van der Waals surface area (Å²) >= 11 is 0. The number of benzene rings is 3. The number of nitrogens with zero attached hydrogens (tertiary/aromatic N) is 1. The minimum absolute atomic E-state index is 0.132. The second-order valence-corrected chi connectivity index (χ2v) is 7.74. The minimum atomic E-state index is -0.494. The van der Waals surface area contributed by atoms with Gasteiger partial charge >= 0.3 is 6.09 Å². The zero-order valence-corrected chi connectivity index (χ0v) is 18.0. The summed E-state index contributed by atoms with van der Waals surface area (Å²) in [5, 5.41) is 2.75. The molecule has 1 aliphatic heterocycles. The van der Waals surface area contributed by atoms with Gasteiger partial charge in [-0.15, -0.1) is 0 Å². The molecule has 6 heteroatoms. The molecule has 0 aliphatic carbocycles. The van der Waals surface area contributed by atoms with E-state index in [0.717, 1.165) is 30.9 Å². The molecule has 1 atom stereocenters. The molecule has 3 aromatic carbocycles. The molecule has 0 spiro atoms. The van der Waals surface area contributed by atoms with Crippen molar-refractivity contribution < 1.29 is 19.0 Å². The lowest BCUT2D eigenvalue weighted by Crippen LogP contribution is -2.44. The standard InChI is InChI=1S/C26H28N2O4/c29-26(27-23-11-13-24(14-12-23)31-19-22-9-5-2-6-10-22)32-20-25-18-28(15-16-30-25)17-21-7-3-1-4-8-21/h1-14,25H,15-20H2,(H,27,29)/t25-/m1/s1. The highest BCUT2D eigenvalue weighted by molar-refractivity contribution is 5.84. The molecule has 1 amide bonds. The number of hydrogen-bond acceptors (Lipinski definition) is 5. The Bertz CT molecular complexity index is 964. The molecule has 0 aromatic heterocycles. The molecule has 1 aliphatic rings. The second kappa shape index (κ2) is 11.3. The van der Waals surface area contributed by atoms with Crippen LogP contribution < -0.4 is 10.1 Å². The van der Waals surface area contributed by atoms with Crippen molar-refractivity contribution in [1.82, 2.24) is 4.90 Å². The highest BCUT2D eigenvalue weighted by Crippen LogP contribution is 2.17. The molecule has 1 heterocycles. The molecule has 32 heavy (non-hydrogen) atoms. The lowest BCUT2D eigenvalue weighted by atomic mass is 10.2. The Balaban J connectivity index is 1.18. The predicted octanol–water partition coefficient (Wildman–Crippen LogP) is 4.72. The van der Waals surface area contributed by atoms with E-state index in [1.54, 1.807) is 12.1 Å². The van der Waals surface area contributed by atoms with Crippen LogP contribution in [0.1, 0.15) is 11.1 Å². The van der Waals surface area contributed by atoms with Gasteiger partial charge in [0.15, 0.2) is 0 Å².